The molecule has 0 amide bonds. The Morgan fingerprint density at radius 3 is 2.43 bits per heavy atom. The van der Waals surface area contributed by atoms with Crippen molar-refractivity contribution in [3.8, 4) is 11.3 Å². The molecule has 4 aromatic rings. The molecular weight excluding hydrogens is 383 g/mol. The summed E-state index contributed by atoms with van der Waals surface area (Å²) < 4.78 is 40.5. The summed E-state index contributed by atoms with van der Waals surface area (Å²) in [6, 6.07) is 18.3. The van der Waals surface area contributed by atoms with Crippen molar-refractivity contribution in [3.63, 3.8) is 0 Å². The van der Waals surface area contributed by atoms with Gasteiger partial charge in [0.1, 0.15) is 0 Å². The molecule has 2 aromatic carbocycles. The van der Waals surface area contributed by atoms with Crippen LogP contribution < -0.4 is 0 Å². The zero-order valence-corrected chi connectivity index (χ0v) is 15.6. The van der Waals surface area contributed by atoms with Crippen molar-refractivity contribution in [3.05, 3.63) is 82.0 Å². The van der Waals surface area contributed by atoms with Crippen LogP contribution in [-0.4, -0.2) is 16.3 Å². The Bertz CT molecular complexity index is 1070. The van der Waals surface area contributed by atoms with Crippen molar-refractivity contribution in [1.82, 2.24) is 4.98 Å². The quantitative estimate of drug-likeness (QED) is 0.395. The van der Waals surface area contributed by atoms with E-state index < -0.39 is 18.5 Å². The van der Waals surface area contributed by atoms with Crippen LogP contribution in [0, 0.1) is 0 Å². The Morgan fingerprint density at radius 1 is 1.00 bits per heavy atom. The smallest absolute Gasteiger partial charge is 0.390 e. The number of fused-ring (bicyclic) bond motifs is 1. The molecule has 144 valence electrons. The van der Waals surface area contributed by atoms with Crippen LogP contribution in [0.25, 0.3) is 22.2 Å². The number of benzene rings is 2. The standard InChI is InChI=1S/C22H18F3NOS/c23-22(24,25)12-17(19-7-4-10-28-19)20-16-9-8-14(13-27)11-18(16)26-21(20)15-5-2-1-3-6-15/h1-11,17,26-27H,12-13H2. The maximum atomic E-state index is 13.5. The molecule has 0 radical (unpaired) electrons. The summed E-state index contributed by atoms with van der Waals surface area (Å²) in [6.07, 6.45) is -5.22. The molecule has 0 spiro atoms. The molecule has 28 heavy (non-hydrogen) atoms. The second-order valence-corrected chi connectivity index (χ2v) is 7.68. The first kappa shape index (κ1) is 18.8. The molecule has 1 unspecified atom stereocenters. The number of thiophene rings is 1. The lowest BCUT2D eigenvalue weighted by Gasteiger charge is -2.19. The van der Waals surface area contributed by atoms with E-state index in [9.17, 15) is 18.3 Å². The molecule has 0 aliphatic rings. The summed E-state index contributed by atoms with van der Waals surface area (Å²) in [7, 11) is 0. The average Bonchev–Trinajstić information content (AvgIpc) is 3.33. The fourth-order valence-corrected chi connectivity index (χ4v) is 4.46. The van der Waals surface area contributed by atoms with E-state index in [1.54, 1.807) is 35.7 Å². The fourth-order valence-electron chi connectivity index (χ4n) is 3.63. The van der Waals surface area contributed by atoms with Crippen LogP contribution in [0.1, 0.15) is 28.3 Å². The summed E-state index contributed by atoms with van der Waals surface area (Å²) in [4.78, 5) is 3.99. The highest BCUT2D eigenvalue weighted by atomic mass is 32.1. The number of nitrogens with one attached hydrogen (secondary N) is 1. The molecule has 1 atom stereocenters. The van der Waals surface area contributed by atoms with E-state index in [1.807, 2.05) is 30.3 Å². The first-order chi connectivity index (χ1) is 13.5. The van der Waals surface area contributed by atoms with Crippen LogP contribution in [0.5, 0.6) is 0 Å². The summed E-state index contributed by atoms with van der Waals surface area (Å²) >= 11 is 1.34. The highest BCUT2D eigenvalue weighted by molar-refractivity contribution is 7.10. The van der Waals surface area contributed by atoms with E-state index in [-0.39, 0.29) is 6.61 Å². The molecular formula is C22H18F3NOS. The second kappa shape index (κ2) is 7.45. The third kappa shape index (κ3) is 3.70. The number of aromatic nitrogens is 1. The lowest BCUT2D eigenvalue weighted by atomic mass is 9.89. The molecule has 2 aromatic heterocycles. The highest BCUT2D eigenvalue weighted by Gasteiger charge is 2.36. The fraction of sp³-hybridized carbons (Fsp3) is 0.182. The van der Waals surface area contributed by atoms with Gasteiger partial charge in [0.15, 0.2) is 0 Å². The molecule has 0 saturated carbocycles. The van der Waals surface area contributed by atoms with Gasteiger partial charge in [-0.05, 0) is 34.2 Å². The maximum Gasteiger partial charge on any atom is 0.390 e. The Morgan fingerprint density at radius 2 is 1.79 bits per heavy atom. The van der Waals surface area contributed by atoms with Gasteiger partial charge in [0.05, 0.1) is 18.7 Å². The zero-order chi connectivity index (χ0) is 19.7. The van der Waals surface area contributed by atoms with Gasteiger partial charge in [0, 0.05) is 21.7 Å². The van der Waals surface area contributed by atoms with Crippen molar-refractivity contribution >= 4 is 22.2 Å². The molecule has 0 bridgehead atoms. The summed E-state index contributed by atoms with van der Waals surface area (Å²) in [5.41, 5.74) is 3.61. The van der Waals surface area contributed by atoms with Gasteiger partial charge in [-0.1, -0.05) is 48.5 Å². The first-order valence-electron chi connectivity index (χ1n) is 8.87. The molecule has 0 saturated heterocycles. The minimum Gasteiger partial charge on any atom is -0.392 e. The van der Waals surface area contributed by atoms with Gasteiger partial charge in [-0.15, -0.1) is 11.3 Å². The van der Waals surface area contributed by atoms with E-state index in [0.29, 0.717) is 21.7 Å². The lowest BCUT2D eigenvalue weighted by Crippen LogP contribution is -2.14. The van der Waals surface area contributed by atoms with E-state index in [0.717, 1.165) is 16.5 Å². The average molecular weight is 401 g/mol. The second-order valence-electron chi connectivity index (χ2n) is 6.71. The molecule has 0 fully saturated rings. The van der Waals surface area contributed by atoms with Gasteiger partial charge in [-0.2, -0.15) is 13.2 Å². The zero-order valence-electron chi connectivity index (χ0n) is 14.8. The topological polar surface area (TPSA) is 36.0 Å². The van der Waals surface area contributed by atoms with E-state index >= 15 is 0 Å². The molecule has 0 aliphatic carbocycles. The summed E-state index contributed by atoms with van der Waals surface area (Å²) in [5.74, 6) is -0.802. The molecule has 2 nitrogen and oxygen atoms in total. The molecule has 2 heterocycles. The number of alkyl halides is 3. The minimum atomic E-state index is -4.29. The SMILES string of the molecule is OCc1ccc2c(C(CC(F)(F)F)c3cccs3)c(-c3ccccc3)[nH]c2c1. The predicted molar refractivity (Wildman–Crippen MR) is 106 cm³/mol. The third-order valence-corrected chi connectivity index (χ3v) is 5.80. The van der Waals surface area contributed by atoms with Gasteiger partial charge < -0.3 is 10.1 Å². The van der Waals surface area contributed by atoms with Crippen molar-refractivity contribution < 1.29 is 18.3 Å². The molecule has 0 aliphatic heterocycles. The van der Waals surface area contributed by atoms with E-state index in [4.69, 9.17) is 0 Å². The Kier molecular flexibility index (Phi) is 5.00. The Hall–Kier alpha value is -2.57. The van der Waals surface area contributed by atoms with Gasteiger partial charge in [-0.3, -0.25) is 0 Å². The largest absolute Gasteiger partial charge is 0.392 e. The monoisotopic (exact) mass is 401 g/mol. The molecule has 2 N–H and O–H groups in total. The Balaban J connectivity index is 1.99. The summed E-state index contributed by atoms with van der Waals surface area (Å²) in [6.45, 7) is -0.123. The number of hydrogen-bond donors (Lipinski definition) is 2. The molecule has 4 rings (SSSR count). The van der Waals surface area contributed by atoms with E-state index in [1.165, 1.54) is 11.3 Å². The number of H-pyrrole nitrogens is 1. The number of aliphatic hydroxyl groups is 1. The van der Waals surface area contributed by atoms with E-state index in [2.05, 4.69) is 4.98 Å². The summed E-state index contributed by atoms with van der Waals surface area (Å²) in [5, 5.41) is 12.0. The lowest BCUT2D eigenvalue weighted by molar-refractivity contribution is -0.136. The maximum absolute atomic E-state index is 13.5. The number of aromatic amines is 1. The van der Waals surface area contributed by atoms with Crippen LogP contribution in [0.3, 0.4) is 0 Å². The van der Waals surface area contributed by atoms with Crippen molar-refractivity contribution in [1.29, 1.82) is 0 Å². The van der Waals surface area contributed by atoms with Crippen molar-refractivity contribution in [2.75, 3.05) is 0 Å². The predicted octanol–water partition coefficient (Wildman–Crippen LogP) is 6.47. The van der Waals surface area contributed by atoms with Crippen LogP contribution in [0.4, 0.5) is 13.2 Å². The third-order valence-electron chi connectivity index (χ3n) is 4.82. The van der Waals surface area contributed by atoms with Crippen LogP contribution in [-0.2, 0) is 6.61 Å². The van der Waals surface area contributed by atoms with Gasteiger partial charge >= 0.3 is 6.18 Å². The normalized spacial score (nSPS) is 13.1. The number of hydrogen-bond acceptors (Lipinski definition) is 2. The van der Waals surface area contributed by atoms with Gasteiger partial charge in [0.25, 0.3) is 0 Å². The van der Waals surface area contributed by atoms with Gasteiger partial charge in [0.2, 0.25) is 0 Å². The first-order valence-corrected chi connectivity index (χ1v) is 9.75. The molecule has 6 heteroatoms. The van der Waals surface area contributed by atoms with Crippen LogP contribution in [0.2, 0.25) is 0 Å². The highest BCUT2D eigenvalue weighted by Crippen LogP contribution is 2.45. The van der Waals surface area contributed by atoms with Crippen LogP contribution in [0.15, 0.2) is 66.0 Å². The number of rotatable bonds is 5. The number of aliphatic hydroxyl groups excluding tert-OH is 1. The van der Waals surface area contributed by atoms with Crippen molar-refractivity contribution in [2.45, 2.75) is 25.1 Å². The Labute approximate surface area is 164 Å². The van der Waals surface area contributed by atoms with Crippen molar-refractivity contribution in [2.24, 2.45) is 0 Å². The van der Waals surface area contributed by atoms with Crippen LogP contribution >= 0.6 is 11.3 Å². The number of halogens is 3. The van der Waals surface area contributed by atoms with Gasteiger partial charge in [-0.25, -0.2) is 0 Å². The minimum absolute atomic E-state index is 0.123.